The van der Waals surface area contributed by atoms with Crippen LogP contribution in [0.2, 0.25) is 0 Å². The third-order valence-corrected chi connectivity index (χ3v) is 4.44. The normalized spacial score (nSPS) is 12.1. The minimum atomic E-state index is -1.39. The van der Waals surface area contributed by atoms with Crippen LogP contribution in [0.15, 0.2) is 16.8 Å². The molecule has 1 unspecified atom stereocenters. The minimum Gasteiger partial charge on any atom is -0.381 e. The number of nitrogens with one attached hydrogen (secondary N) is 1. The Morgan fingerprint density at radius 2 is 2.30 bits per heavy atom. The number of aliphatic hydroxyl groups excluding tert-OH is 1. The highest BCUT2D eigenvalue weighted by atomic mass is 32.1. The molecule has 0 saturated carbocycles. The summed E-state index contributed by atoms with van der Waals surface area (Å²) in [6.07, 6.45) is -1.39. The second-order valence-corrected chi connectivity index (χ2v) is 5.85. The molecule has 1 atom stereocenters. The van der Waals surface area contributed by atoms with Gasteiger partial charge < -0.3 is 16.2 Å². The second kappa shape index (κ2) is 6.12. The maximum absolute atomic E-state index is 12.0. The van der Waals surface area contributed by atoms with Crippen LogP contribution in [0.5, 0.6) is 0 Å². The maximum Gasteiger partial charge on any atom is 0.263 e. The summed E-state index contributed by atoms with van der Waals surface area (Å²) in [6.45, 7) is 1.53. The predicted octanol–water partition coefficient (Wildman–Crippen LogP) is 0.756. The molecule has 2 rings (SSSR count). The van der Waals surface area contributed by atoms with Crippen molar-refractivity contribution in [1.82, 2.24) is 10.3 Å². The van der Waals surface area contributed by atoms with E-state index in [4.69, 9.17) is 5.73 Å². The first-order valence-corrected chi connectivity index (χ1v) is 7.50. The van der Waals surface area contributed by atoms with Crippen LogP contribution in [-0.2, 0) is 4.79 Å². The number of aryl methyl sites for hydroxylation is 1. The Hall–Kier alpha value is -1.77. The molecule has 106 valence electrons. The van der Waals surface area contributed by atoms with Crippen LogP contribution in [0.4, 0.5) is 0 Å². The highest BCUT2D eigenvalue weighted by Crippen LogP contribution is 2.29. The van der Waals surface area contributed by atoms with E-state index in [0.29, 0.717) is 10.6 Å². The van der Waals surface area contributed by atoms with Crippen LogP contribution in [0, 0.1) is 6.92 Å². The summed E-state index contributed by atoms with van der Waals surface area (Å²) >= 11 is 2.83. The first-order chi connectivity index (χ1) is 9.49. The third-order valence-electron chi connectivity index (χ3n) is 2.56. The van der Waals surface area contributed by atoms with Gasteiger partial charge in [0.05, 0.1) is 12.2 Å². The summed E-state index contributed by atoms with van der Waals surface area (Å²) in [5.41, 5.74) is 6.50. The molecule has 2 amide bonds. The van der Waals surface area contributed by atoms with Gasteiger partial charge in [0, 0.05) is 10.9 Å². The molecule has 0 aromatic carbocycles. The fourth-order valence-electron chi connectivity index (χ4n) is 1.49. The van der Waals surface area contributed by atoms with Gasteiger partial charge in [-0.25, -0.2) is 4.98 Å². The van der Waals surface area contributed by atoms with E-state index in [2.05, 4.69) is 10.3 Å². The first kappa shape index (κ1) is 14.6. The maximum atomic E-state index is 12.0. The van der Waals surface area contributed by atoms with Crippen molar-refractivity contribution in [2.24, 2.45) is 5.73 Å². The van der Waals surface area contributed by atoms with Crippen LogP contribution in [-0.4, -0.2) is 34.6 Å². The van der Waals surface area contributed by atoms with Gasteiger partial charge in [-0.3, -0.25) is 9.59 Å². The van der Waals surface area contributed by atoms with Gasteiger partial charge in [-0.1, -0.05) is 0 Å². The number of aromatic nitrogens is 1. The van der Waals surface area contributed by atoms with Crippen molar-refractivity contribution in [3.63, 3.8) is 0 Å². The Morgan fingerprint density at radius 3 is 2.90 bits per heavy atom. The number of carbonyl (C=O) groups is 2. The van der Waals surface area contributed by atoms with Gasteiger partial charge in [0.25, 0.3) is 5.91 Å². The Morgan fingerprint density at radius 1 is 1.55 bits per heavy atom. The van der Waals surface area contributed by atoms with E-state index in [0.717, 1.165) is 10.6 Å². The zero-order valence-electron chi connectivity index (χ0n) is 10.6. The lowest BCUT2D eigenvalue weighted by atomic mass is 10.3. The molecule has 0 radical (unpaired) electrons. The lowest BCUT2D eigenvalue weighted by molar-refractivity contribution is -0.125. The van der Waals surface area contributed by atoms with Crippen LogP contribution in [0.1, 0.15) is 15.4 Å². The lowest BCUT2D eigenvalue weighted by Gasteiger charge is -2.07. The Balaban J connectivity index is 2.09. The Kier molecular flexibility index (Phi) is 4.48. The van der Waals surface area contributed by atoms with Gasteiger partial charge in [0.15, 0.2) is 0 Å². The molecular weight excluding hydrogens is 298 g/mol. The number of nitrogens with zero attached hydrogens (tertiary/aromatic N) is 1. The van der Waals surface area contributed by atoms with E-state index in [1.165, 1.54) is 11.3 Å². The molecule has 2 aromatic heterocycles. The Labute approximate surface area is 123 Å². The van der Waals surface area contributed by atoms with E-state index in [9.17, 15) is 14.7 Å². The smallest absolute Gasteiger partial charge is 0.263 e. The molecule has 0 bridgehead atoms. The number of nitrogens with two attached hydrogens (primary N) is 1. The molecule has 8 heteroatoms. The van der Waals surface area contributed by atoms with Crippen molar-refractivity contribution in [3.05, 3.63) is 27.4 Å². The van der Waals surface area contributed by atoms with Gasteiger partial charge in [0.2, 0.25) is 5.91 Å². The SMILES string of the molecule is Cc1nc(-c2ccsc2)sc1C(=O)NCC(O)C(N)=O. The highest BCUT2D eigenvalue weighted by molar-refractivity contribution is 7.17. The summed E-state index contributed by atoms with van der Waals surface area (Å²) in [7, 11) is 0. The molecule has 2 heterocycles. The summed E-state index contributed by atoms with van der Waals surface area (Å²) < 4.78 is 0. The number of primary amides is 1. The van der Waals surface area contributed by atoms with E-state index >= 15 is 0 Å². The lowest BCUT2D eigenvalue weighted by Crippen LogP contribution is -2.39. The zero-order valence-corrected chi connectivity index (χ0v) is 12.3. The van der Waals surface area contributed by atoms with E-state index < -0.39 is 12.0 Å². The van der Waals surface area contributed by atoms with Crippen molar-refractivity contribution in [3.8, 4) is 10.6 Å². The topological polar surface area (TPSA) is 105 Å². The molecule has 0 aliphatic heterocycles. The van der Waals surface area contributed by atoms with Gasteiger partial charge in [0.1, 0.15) is 16.0 Å². The number of hydrogen-bond donors (Lipinski definition) is 3. The average molecular weight is 311 g/mol. The van der Waals surface area contributed by atoms with Crippen LogP contribution in [0.25, 0.3) is 10.6 Å². The number of aliphatic hydroxyl groups is 1. The van der Waals surface area contributed by atoms with Crippen LogP contribution >= 0.6 is 22.7 Å². The van der Waals surface area contributed by atoms with E-state index in [1.54, 1.807) is 18.3 Å². The van der Waals surface area contributed by atoms with Gasteiger partial charge in [-0.05, 0) is 18.4 Å². The second-order valence-electron chi connectivity index (χ2n) is 4.07. The summed E-state index contributed by atoms with van der Waals surface area (Å²) in [4.78, 5) is 27.5. The number of thiophene rings is 1. The van der Waals surface area contributed by atoms with Crippen molar-refractivity contribution < 1.29 is 14.7 Å². The molecule has 0 saturated heterocycles. The molecule has 2 aromatic rings. The zero-order chi connectivity index (χ0) is 14.7. The minimum absolute atomic E-state index is 0.209. The molecule has 0 fully saturated rings. The molecular formula is C12H13N3O3S2. The molecule has 0 aliphatic carbocycles. The molecule has 0 spiro atoms. The number of rotatable bonds is 5. The van der Waals surface area contributed by atoms with E-state index in [1.807, 2.05) is 16.8 Å². The van der Waals surface area contributed by atoms with Crippen molar-refractivity contribution in [1.29, 1.82) is 0 Å². The molecule has 4 N–H and O–H groups in total. The largest absolute Gasteiger partial charge is 0.381 e. The molecule has 20 heavy (non-hydrogen) atoms. The summed E-state index contributed by atoms with van der Waals surface area (Å²) in [5, 5.41) is 16.4. The fraction of sp³-hybridized carbons (Fsp3) is 0.250. The number of thiazole rings is 1. The van der Waals surface area contributed by atoms with Crippen molar-refractivity contribution in [2.75, 3.05) is 6.54 Å². The molecule has 0 aliphatic rings. The van der Waals surface area contributed by atoms with Crippen molar-refractivity contribution >= 4 is 34.5 Å². The van der Waals surface area contributed by atoms with Crippen molar-refractivity contribution in [2.45, 2.75) is 13.0 Å². The summed E-state index contributed by atoms with van der Waals surface area (Å²) in [6, 6.07) is 1.93. The Bertz CT molecular complexity index is 622. The monoisotopic (exact) mass is 311 g/mol. The van der Waals surface area contributed by atoms with Gasteiger partial charge >= 0.3 is 0 Å². The number of hydrogen-bond acceptors (Lipinski definition) is 6. The highest BCUT2D eigenvalue weighted by Gasteiger charge is 2.18. The predicted molar refractivity (Wildman–Crippen MR) is 77.7 cm³/mol. The van der Waals surface area contributed by atoms with Gasteiger partial charge in [-0.15, -0.1) is 11.3 Å². The fourth-order valence-corrected chi connectivity index (χ4v) is 3.18. The average Bonchev–Trinajstić information content (AvgIpc) is 3.04. The van der Waals surface area contributed by atoms with E-state index in [-0.39, 0.29) is 12.5 Å². The van der Waals surface area contributed by atoms with Gasteiger partial charge in [-0.2, -0.15) is 11.3 Å². The standard InChI is InChI=1S/C12H13N3O3S2/c1-6-9(11(18)14-4-8(16)10(13)17)20-12(15-6)7-2-3-19-5-7/h2-3,5,8,16H,4H2,1H3,(H2,13,17)(H,14,18). The number of carbonyl (C=O) groups excluding carboxylic acids is 2. The van der Waals surface area contributed by atoms with Crippen LogP contribution < -0.4 is 11.1 Å². The summed E-state index contributed by atoms with van der Waals surface area (Å²) in [5.74, 6) is -1.24. The number of amides is 2. The first-order valence-electron chi connectivity index (χ1n) is 5.74. The molecule has 6 nitrogen and oxygen atoms in total. The third kappa shape index (κ3) is 3.21. The quantitative estimate of drug-likeness (QED) is 0.758. The van der Waals surface area contributed by atoms with Crippen LogP contribution in [0.3, 0.4) is 0 Å².